The maximum atomic E-state index is 12.7. The highest BCUT2D eigenvalue weighted by molar-refractivity contribution is 5.94. The van der Waals surface area contributed by atoms with Crippen LogP contribution in [0.15, 0.2) is 47.1 Å². The Bertz CT molecular complexity index is 977. The molecule has 156 valence electrons. The van der Waals surface area contributed by atoms with Crippen molar-refractivity contribution in [2.45, 2.75) is 19.3 Å². The van der Waals surface area contributed by atoms with Crippen molar-refractivity contribution < 1.29 is 18.8 Å². The summed E-state index contributed by atoms with van der Waals surface area (Å²) < 4.78 is 15.7. The molecule has 0 atom stereocenters. The van der Waals surface area contributed by atoms with E-state index in [4.69, 9.17) is 14.0 Å². The maximum Gasteiger partial charge on any atom is 0.255 e. The second-order valence-electron chi connectivity index (χ2n) is 7.27. The number of rotatable bonds is 6. The third kappa shape index (κ3) is 4.42. The highest BCUT2D eigenvalue weighted by atomic mass is 16.5. The lowest BCUT2D eigenvalue weighted by atomic mass is 9.93. The minimum Gasteiger partial charge on any atom is -0.497 e. The number of likely N-dealkylation sites (tertiary alicyclic amines) is 1. The minimum atomic E-state index is 0.00295. The van der Waals surface area contributed by atoms with Crippen LogP contribution in [0.5, 0.6) is 11.6 Å². The van der Waals surface area contributed by atoms with Crippen LogP contribution in [-0.4, -0.2) is 53.2 Å². The van der Waals surface area contributed by atoms with Gasteiger partial charge in [0.15, 0.2) is 0 Å². The van der Waals surface area contributed by atoms with Crippen molar-refractivity contribution in [3.63, 3.8) is 0 Å². The molecule has 1 fully saturated rings. The quantitative estimate of drug-likeness (QED) is 0.618. The Morgan fingerprint density at radius 2 is 1.87 bits per heavy atom. The van der Waals surface area contributed by atoms with Gasteiger partial charge in [-0.25, -0.2) is 4.98 Å². The molecule has 2 aromatic heterocycles. The number of carbonyl (C=O) groups is 1. The molecule has 0 unspecified atom stereocenters. The standard InChI is InChI=1S/C22H24N4O4/c1-28-18-6-3-16(4-7-18)21-24-20(30-25-21)13-15-9-11-26(12-10-15)22(27)17-5-8-19(29-2)23-14-17/h3-8,14-15H,9-13H2,1-2H3. The molecule has 0 spiro atoms. The molecule has 0 radical (unpaired) electrons. The number of nitrogens with zero attached hydrogens (tertiary/aromatic N) is 4. The van der Waals surface area contributed by atoms with Crippen LogP contribution >= 0.6 is 0 Å². The van der Waals surface area contributed by atoms with Gasteiger partial charge in [-0.15, -0.1) is 0 Å². The van der Waals surface area contributed by atoms with Gasteiger partial charge in [-0.1, -0.05) is 5.16 Å². The van der Waals surface area contributed by atoms with Crippen LogP contribution in [0.2, 0.25) is 0 Å². The molecule has 8 nitrogen and oxygen atoms in total. The van der Waals surface area contributed by atoms with E-state index < -0.39 is 0 Å². The smallest absolute Gasteiger partial charge is 0.255 e. The van der Waals surface area contributed by atoms with Gasteiger partial charge in [0.05, 0.1) is 19.8 Å². The molecule has 3 aromatic rings. The van der Waals surface area contributed by atoms with Crippen LogP contribution in [0.4, 0.5) is 0 Å². The van der Waals surface area contributed by atoms with Crippen molar-refractivity contribution in [2.75, 3.05) is 27.3 Å². The number of benzene rings is 1. The molecular weight excluding hydrogens is 384 g/mol. The third-order valence-corrected chi connectivity index (χ3v) is 5.37. The Morgan fingerprint density at radius 1 is 1.10 bits per heavy atom. The topological polar surface area (TPSA) is 90.6 Å². The van der Waals surface area contributed by atoms with Crippen molar-refractivity contribution in [3.8, 4) is 23.0 Å². The van der Waals surface area contributed by atoms with Crippen molar-refractivity contribution >= 4 is 5.91 Å². The summed E-state index contributed by atoms with van der Waals surface area (Å²) in [5.41, 5.74) is 1.47. The summed E-state index contributed by atoms with van der Waals surface area (Å²) >= 11 is 0. The monoisotopic (exact) mass is 408 g/mol. The van der Waals surface area contributed by atoms with Crippen molar-refractivity contribution in [1.29, 1.82) is 0 Å². The van der Waals surface area contributed by atoms with Gasteiger partial charge in [-0.05, 0) is 49.1 Å². The zero-order valence-electron chi connectivity index (χ0n) is 17.1. The number of methoxy groups -OCH3 is 2. The van der Waals surface area contributed by atoms with Gasteiger partial charge >= 0.3 is 0 Å². The summed E-state index contributed by atoms with van der Waals surface area (Å²) in [4.78, 5) is 23.2. The van der Waals surface area contributed by atoms with E-state index in [9.17, 15) is 4.79 Å². The van der Waals surface area contributed by atoms with Gasteiger partial charge in [-0.3, -0.25) is 4.79 Å². The SMILES string of the molecule is COc1ccc(-c2noc(CC3CCN(C(=O)c4ccc(OC)nc4)CC3)n2)cc1. The summed E-state index contributed by atoms with van der Waals surface area (Å²) in [6.07, 6.45) is 4.08. The number of ether oxygens (including phenoxy) is 2. The Labute approximate surface area is 174 Å². The fraction of sp³-hybridized carbons (Fsp3) is 0.364. The normalized spacial score (nSPS) is 14.5. The first-order valence-electron chi connectivity index (χ1n) is 9.92. The van der Waals surface area contributed by atoms with Crippen molar-refractivity contribution in [2.24, 2.45) is 5.92 Å². The molecule has 1 aliphatic heterocycles. The Balaban J connectivity index is 1.31. The molecule has 0 bridgehead atoms. The average Bonchev–Trinajstić information content (AvgIpc) is 3.27. The first-order chi connectivity index (χ1) is 14.7. The predicted molar refractivity (Wildman–Crippen MR) is 109 cm³/mol. The van der Waals surface area contributed by atoms with E-state index >= 15 is 0 Å². The first-order valence-corrected chi connectivity index (χ1v) is 9.92. The lowest BCUT2D eigenvalue weighted by Crippen LogP contribution is -2.39. The fourth-order valence-corrected chi connectivity index (χ4v) is 3.59. The highest BCUT2D eigenvalue weighted by Gasteiger charge is 2.25. The van der Waals surface area contributed by atoms with Crippen molar-refractivity contribution in [3.05, 3.63) is 54.0 Å². The molecule has 1 amide bonds. The molecule has 0 aliphatic carbocycles. The highest BCUT2D eigenvalue weighted by Crippen LogP contribution is 2.25. The summed E-state index contributed by atoms with van der Waals surface area (Å²) in [5, 5.41) is 4.10. The Kier molecular flexibility index (Phi) is 5.92. The predicted octanol–water partition coefficient (Wildman–Crippen LogP) is 3.24. The summed E-state index contributed by atoms with van der Waals surface area (Å²) in [6.45, 7) is 1.41. The molecule has 30 heavy (non-hydrogen) atoms. The zero-order chi connectivity index (χ0) is 20.9. The molecule has 3 heterocycles. The molecule has 8 heteroatoms. The van der Waals surface area contributed by atoms with E-state index in [0.29, 0.717) is 42.2 Å². The molecular formula is C22H24N4O4. The van der Waals surface area contributed by atoms with Gasteiger partial charge < -0.3 is 18.9 Å². The van der Waals surface area contributed by atoms with E-state index in [1.165, 1.54) is 0 Å². The fourth-order valence-electron chi connectivity index (χ4n) is 3.59. The number of hydrogen-bond donors (Lipinski definition) is 0. The number of amides is 1. The third-order valence-electron chi connectivity index (χ3n) is 5.37. The van der Waals surface area contributed by atoms with Crippen LogP contribution in [0, 0.1) is 5.92 Å². The van der Waals surface area contributed by atoms with Crippen LogP contribution in [0.25, 0.3) is 11.4 Å². The van der Waals surface area contributed by atoms with Gasteiger partial charge in [0, 0.05) is 37.3 Å². The average molecular weight is 408 g/mol. The second-order valence-corrected chi connectivity index (χ2v) is 7.27. The maximum absolute atomic E-state index is 12.7. The van der Waals surface area contributed by atoms with Gasteiger partial charge in [0.2, 0.25) is 17.6 Å². The summed E-state index contributed by atoms with van der Waals surface area (Å²) in [6, 6.07) is 11.0. The zero-order valence-corrected chi connectivity index (χ0v) is 17.1. The lowest BCUT2D eigenvalue weighted by Gasteiger charge is -2.31. The van der Waals surface area contributed by atoms with Crippen LogP contribution in [0.3, 0.4) is 0 Å². The number of hydrogen-bond acceptors (Lipinski definition) is 7. The number of pyridine rings is 1. The van der Waals surface area contributed by atoms with Crippen LogP contribution in [0.1, 0.15) is 29.1 Å². The van der Waals surface area contributed by atoms with Gasteiger partial charge in [0.25, 0.3) is 5.91 Å². The Morgan fingerprint density at radius 3 is 2.50 bits per heavy atom. The number of carbonyl (C=O) groups excluding carboxylic acids is 1. The molecule has 4 rings (SSSR count). The molecule has 1 saturated heterocycles. The largest absolute Gasteiger partial charge is 0.497 e. The Hall–Kier alpha value is -3.42. The van der Waals surface area contributed by atoms with Gasteiger partial charge in [0.1, 0.15) is 5.75 Å². The van der Waals surface area contributed by atoms with Crippen LogP contribution < -0.4 is 9.47 Å². The van der Waals surface area contributed by atoms with Crippen LogP contribution in [-0.2, 0) is 6.42 Å². The van der Waals surface area contributed by atoms with E-state index in [2.05, 4.69) is 15.1 Å². The molecule has 0 saturated carbocycles. The van der Waals surface area contributed by atoms with Crippen molar-refractivity contribution in [1.82, 2.24) is 20.0 Å². The van der Waals surface area contributed by atoms with Gasteiger partial charge in [-0.2, -0.15) is 4.98 Å². The second kappa shape index (κ2) is 8.94. The summed E-state index contributed by atoms with van der Waals surface area (Å²) in [5.74, 6) is 2.90. The van der Waals surface area contributed by atoms with E-state index in [1.54, 1.807) is 32.5 Å². The molecule has 0 N–H and O–H groups in total. The number of piperidine rings is 1. The lowest BCUT2D eigenvalue weighted by molar-refractivity contribution is 0.0687. The molecule has 1 aliphatic rings. The minimum absolute atomic E-state index is 0.00295. The van der Waals surface area contributed by atoms with E-state index in [-0.39, 0.29) is 5.91 Å². The molecule has 1 aromatic carbocycles. The van der Waals surface area contributed by atoms with E-state index in [1.807, 2.05) is 29.2 Å². The van der Waals surface area contributed by atoms with E-state index in [0.717, 1.165) is 30.6 Å². The summed E-state index contributed by atoms with van der Waals surface area (Å²) in [7, 11) is 3.19. The number of aromatic nitrogens is 3. The first kappa shape index (κ1) is 19.9.